The Morgan fingerprint density at radius 1 is 1.50 bits per heavy atom. The van der Waals surface area contributed by atoms with Gasteiger partial charge in [0, 0.05) is 26.2 Å². The van der Waals surface area contributed by atoms with Crippen LogP contribution in [0.2, 0.25) is 0 Å². The average molecular weight is 268 g/mol. The van der Waals surface area contributed by atoms with Gasteiger partial charge < -0.3 is 15.5 Å². The highest BCUT2D eigenvalue weighted by Crippen LogP contribution is 2.48. The molecule has 1 amide bonds. The van der Waals surface area contributed by atoms with Crippen molar-refractivity contribution in [3.8, 4) is 0 Å². The summed E-state index contributed by atoms with van der Waals surface area (Å²) in [7, 11) is 3.55. The third kappa shape index (κ3) is 2.58. The molecule has 0 radical (unpaired) electrons. The van der Waals surface area contributed by atoms with Gasteiger partial charge in [-0.2, -0.15) is 4.37 Å². The normalized spacial score (nSPS) is 14.6. The van der Waals surface area contributed by atoms with Crippen molar-refractivity contribution in [1.82, 2.24) is 9.27 Å². The van der Waals surface area contributed by atoms with Crippen molar-refractivity contribution in [1.29, 1.82) is 0 Å². The van der Waals surface area contributed by atoms with Crippen molar-refractivity contribution in [2.45, 2.75) is 25.7 Å². The van der Waals surface area contributed by atoms with Crippen LogP contribution in [-0.2, 0) is 4.79 Å². The van der Waals surface area contributed by atoms with Gasteiger partial charge in [-0.25, -0.2) is 0 Å². The Morgan fingerprint density at radius 2 is 2.17 bits per heavy atom. The highest BCUT2D eigenvalue weighted by Gasteiger charge is 2.32. The van der Waals surface area contributed by atoms with E-state index in [1.54, 1.807) is 19.0 Å². The van der Waals surface area contributed by atoms with E-state index >= 15 is 0 Å². The number of rotatable bonds is 5. The average Bonchev–Trinajstić information content (AvgIpc) is 3.09. The molecule has 2 N–H and O–H groups in total. The number of hydrogen-bond acceptors (Lipinski definition) is 5. The Bertz CT molecular complexity index is 439. The van der Waals surface area contributed by atoms with Crippen LogP contribution in [0.5, 0.6) is 0 Å². The summed E-state index contributed by atoms with van der Waals surface area (Å²) in [6.07, 6.45) is 2.38. The SMILES string of the molecule is CCN(CC(=O)N(C)C)c1snc(N)c1C1CC1. The topological polar surface area (TPSA) is 62.5 Å². The number of aromatic nitrogens is 1. The molecule has 1 aliphatic rings. The number of carbonyl (C=O) groups excluding carboxylic acids is 1. The van der Waals surface area contributed by atoms with Crippen molar-refractivity contribution >= 4 is 28.3 Å². The zero-order chi connectivity index (χ0) is 13.3. The Kier molecular flexibility index (Phi) is 3.75. The maximum atomic E-state index is 11.8. The summed E-state index contributed by atoms with van der Waals surface area (Å²) >= 11 is 1.41. The van der Waals surface area contributed by atoms with E-state index in [2.05, 4.69) is 16.2 Å². The standard InChI is InChI=1S/C12H20N4OS/c1-4-16(7-9(17)15(2)3)12-10(8-5-6-8)11(13)14-18-12/h8H,4-7H2,1-3H3,(H2,13,14). The van der Waals surface area contributed by atoms with Crippen LogP contribution in [0, 0.1) is 0 Å². The fourth-order valence-corrected chi connectivity index (χ4v) is 2.88. The van der Waals surface area contributed by atoms with Crippen LogP contribution in [-0.4, -0.2) is 42.4 Å². The first-order chi connectivity index (χ1) is 8.54. The van der Waals surface area contributed by atoms with Gasteiger partial charge in [0.15, 0.2) is 0 Å². The smallest absolute Gasteiger partial charge is 0.241 e. The first-order valence-electron chi connectivity index (χ1n) is 6.24. The van der Waals surface area contributed by atoms with E-state index in [0.29, 0.717) is 18.3 Å². The molecule has 1 fully saturated rings. The lowest BCUT2D eigenvalue weighted by Gasteiger charge is -2.23. The molecule has 1 aromatic heterocycles. The van der Waals surface area contributed by atoms with E-state index in [0.717, 1.165) is 17.1 Å². The van der Waals surface area contributed by atoms with Crippen molar-refractivity contribution in [2.75, 3.05) is 37.8 Å². The lowest BCUT2D eigenvalue weighted by Crippen LogP contribution is -2.36. The van der Waals surface area contributed by atoms with Crippen LogP contribution >= 0.6 is 11.5 Å². The summed E-state index contributed by atoms with van der Waals surface area (Å²) in [5, 5.41) is 1.08. The second-order valence-electron chi connectivity index (χ2n) is 4.86. The van der Waals surface area contributed by atoms with Crippen molar-refractivity contribution in [2.24, 2.45) is 0 Å². The summed E-state index contributed by atoms with van der Waals surface area (Å²) in [6.45, 7) is 3.24. The Morgan fingerprint density at radius 3 is 2.67 bits per heavy atom. The fraction of sp³-hybridized carbons (Fsp3) is 0.667. The molecule has 0 bridgehead atoms. The first kappa shape index (κ1) is 13.1. The zero-order valence-electron chi connectivity index (χ0n) is 11.1. The summed E-state index contributed by atoms with van der Waals surface area (Å²) < 4.78 is 4.25. The molecule has 6 heteroatoms. The molecule has 1 saturated carbocycles. The quantitative estimate of drug-likeness (QED) is 0.879. The molecule has 0 unspecified atom stereocenters. The molecule has 5 nitrogen and oxygen atoms in total. The Balaban J connectivity index is 2.19. The minimum absolute atomic E-state index is 0.102. The van der Waals surface area contributed by atoms with Gasteiger partial charge >= 0.3 is 0 Å². The molecule has 18 heavy (non-hydrogen) atoms. The van der Waals surface area contributed by atoms with Gasteiger partial charge in [0.25, 0.3) is 0 Å². The lowest BCUT2D eigenvalue weighted by molar-refractivity contribution is -0.127. The summed E-state index contributed by atoms with van der Waals surface area (Å²) in [6, 6.07) is 0. The number of anilines is 2. The van der Waals surface area contributed by atoms with E-state index in [-0.39, 0.29) is 5.91 Å². The molecule has 100 valence electrons. The minimum atomic E-state index is 0.102. The highest BCUT2D eigenvalue weighted by atomic mass is 32.1. The van der Waals surface area contributed by atoms with Crippen LogP contribution in [0.15, 0.2) is 0 Å². The summed E-state index contributed by atoms with van der Waals surface area (Å²) in [4.78, 5) is 15.5. The van der Waals surface area contributed by atoms with Gasteiger partial charge in [0.05, 0.1) is 6.54 Å². The molecule has 0 aromatic carbocycles. The van der Waals surface area contributed by atoms with Gasteiger partial charge in [-0.3, -0.25) is 4.79 Å². The van der Waals surface area contributed by atoms with Crippen LogP contribution < -0.4 is 10.6 Å². The number of nitrogens with zero attached hydrogens (tertiary/aromatic N) is 3. The number of hydrogen-bond donors (Lipinski definition) is 1. The number of nitrogens with two attached hydrogens (primary N) is 1. The molecule has 0 saturated heterocycles. The van der Waals surface area contributed by atoms with E-state index in [4.69, 9.17) is 5.73 Å². The molecule has 0 aliphatic heterocycles. The largest absolute Gasteiger partial charge is 0.383 e. The molecule has 0 spiro atoms. The Hall–Kier alpha value is -1.30. The summed E-state index contributed by atoms with van der Waals surface area (Å²) in [5.41, 5.74) is 7.10. The minimum Gasteiger partial charge on any atom is -0.383 e. The third-order valence-electron chi connectivity index (χ3n) is 3.22. The van der Waals surface area contributed by atoms with Crippen molar-refractivity contribution in [3.05, 3.63) is 5.56 Å². The van der Waals surface area contributed by atoms with Crippen LogP contribution in [0.25, 0.3) is 0 Å². The molecule has 2 rings (SSSR count). The van der Waals surface area contributed by atoms with E-state index in [1.165, 1.54) is 24.4 Å². The lowest BCUT2D eigenvalue weighted by atomic mass is 10.2. The molecule has 1 aromatic rings. The van der Waals surface area contributed by atoms with E-state index < -0.39 is 0 Å². The predicted molar refractivity (Wildman–Crippen MR) is 75.1 cm³/mol. The second-order valence-corrected chi connectivity index (χ2v) is 5.62. The zero-order valence-corrected chi connectivity index (χ0v) is 12.0. The van der Waals surface area contributed by atoms with Crippen molar-refractivity contribution < 1.29 is 4.79 Å². The Labute approximate surface area is 112 Å². The first-order valence-corrected chi connectivity index (χ1v) is 7.02. The second kappa shape index (κ2) is 5.14. The van der Waals surface area contributed by atoms with E-state index in [1.807, 2.05) is 0 Å². The monoisotopic (exact) mass is 268 g/mol. The number of likely N-dealkylation sites (N-methyl/N-ethyl adjacent to an activating group) is 2. The van der Waals surface area contributed by atoms with Gasteiger partial charge in [-0.15, -0.1) is 0 Å². The van der Waals surface area contributed by atoms with Gasteiger partial charge in [-0.05, 0) is 37.2 Å². The van der Waals surface area contributed by atoms with Crippen LogP contribution in [0.3, 0.4) is 0 Å². The van der Waals surface area contributed by atoms with Gasteiger partial charge in [-0.1, -0.05) is 0 Å². The number of nitrogen functional groups attached to an aromatic ring is 1. The maximum Gasteiger partial charge on any atom is 0.241 e. The maximum absolute atomic E-state index is 11.8. The van der Waals surface area contributed by atoms with Gasteiger partial charge in [0.1, 0.15) is 10.8 Å². The molecule has 1 aliphatic carbocycles. The van der Waals surface area contributed by atoms with Crippen molar-refractivity contribution in [3.63, 3.8) is 0 Å². The van der Waals surface area contributed by atoms with E-state index in [9.17, 15) is 4.79 Å². The summed E-state index contributed by atoms with van der Waals surface area (Å²) in [5.74, 6) is 1.31. The van der Waals surface area contributed by atoms with Crippen LogP contribution in [0.1, 0.15) is 31.2 Å². The third-order valence-corrected chi connectivity index (χ3v) is 4.16. The predicted octanol–water partition coefficient (Wildman–Crippen LogP) is 1.52. The molecular formula is C12H20N4OS. The fourth-order valence-electron chi connectivity index (χ4n) is 1.92. The molecule has 0 atom stereocenters. The van der Waals surface area contributed by atoms with Gasteiger partial charge in [0.2, 0.25) is 5.91 Å². The number of carbonyl (C=O) groups is 1. The number of amides is 1. The van der Waals surface area contributed by atoms with Crippen LogP contribution in [0.4, 0.5) is 10.8 Å². The molecular weight excluding hydrogens is 248 g/mol. The highest BCUT2D eigenvalue weighted by molar-refractivity contribution is 7.10. The molecule has 1 heterocycles.